The summed E-state index contributed by atoms with van der Waals surface area (Å²) in [5, 5.41) is 4.45. The molecule has 0 unspecified atom stereocenters. The molecule has 1 aliphatic heterocycles. The third-order valence-electron chi connectivity index (χ3n) is 3.33. The van der Waals surface area contributed by atoms with Crippen molar-refractivity contribution in [1.82, 2.24) is 10.6 Å². The van der Waals surface area contributed by atoms with Gasteiger partial charge in [0.15, 0.2) is 0 Å². The summed E-state index contributed by atoms with van der Waals surface area (Å²) in [6.07, 6.45) is 4.54. The van der Waals surface area contributed by atoms with E-state index in [1.54, 1.807) is 11.8 Å². The Kier molecular flexibility index (Phi) is 6.34. The van der Waals surface area contributed by atoms with Crippen molar-refractivity contribution >= 4 is 29.6 Å². The molecule has 1 aliphatic rings. The Bertz CT molecular complexity index is 338. The Morgan fingerprint density at radius 3 is 2.16 bits per heavy atom. The van der Waals surface area contributed by atoms with E-state index in [1.165, 1.54) is 0 Å². The number of thioether (sulfide) groups is 1. The van der Waals surface area contributed by atoms with E-state index in [1.807, 2.05) is 6.92 Å². The number of nitrogens with one attached hydrogen (secondary N) is 2. The molecule has 4 amide bonds. The van der Waals surface area contributed by atoms with Crippen LogP contribution >= 0.6 is 11.8 Å². The van der Waals surface area contributed by atoms with E-state index in [0.29, 0.717) is 12.2 Å². The summed E-state index contributed by atoms with van der Waals surface area (Å²) in [5.74, 6) is 0.378. The Labute approximate surface area is 118 Å². The van der Waals surface area contributed by atoms with Gasteiger partial charge in [0.2, 0.25) is 11.8 Å². The third-order valence-corrected chi connectivity index (χ3v) is 4.44. The molecule has 1 fully saturated rings. The number of urea groups is 1. The van der Waals surface area contributed by atoms with Gasteiger partial charge in [-0.2, -0.15) is 11.8 Å². The van der Waals surface area contributed by atoms with E-state index < -0.39 is 23.3 Å². The number of unbranched alkanes of at least 4 members (excludes halogenated alkanes) is 3. The van der Waals surface area contributed by atoms with Crippen molar-refractivity contribution in [2.45, 2.75) is 46.0 Å². The highest BCUT2D eigenvalue weighted by molar-refractivity contribution is 7.99. The molecule has 0 bridgehead atoms. The topological polar surface area (TPSA) is 75.3 Å². The normalized spacial score (nSPS) is 18.1. The average molecular weight is 286 g/mol. The van der Waals surface area contributed by atoms with Crippen LogP contribution in [0.4, 0.5) is 4.79 Å². The van der Waals surface area contributed by atoms with Crippen molar-refractivity contribution in [1.29, 1.82) is 0 Å². The molecule has 0 atom stereocenters. The number of barbiturate groups is 1. The molecule has 19 heavy (non-hydrogen) atoms. The Morgan fingerprint density at radius 1 is 1.00 bits per heavy atom. The second-order valence-electron chi connectivity index (χ2n) is 4.77. The second-order valence-corrected chi connectivity index (χ2v) is 6.04. The minimum Gasteiger partial charge on any atom is -0.277 e. The number of carbonyl (C=O) groups excluding carboxylic acids is 3. The van der Waals surface area contributed by atoms with Crippen LogP contribution in [0.25, 0.3) is 0 Å². The van der Waals surface area contributed by atoms with Gasteiger partial charge in [-0.1, -0.05) is 39.5 Å². The number of hydrogen-bond acceptors (Lipinski definition) is 4. The third kappa shape index (κ3) is 3.96. The minimum absolute atomic E-state index is 0.431. The van der Waals surface area contributed by atoms with Gasteiger partial charge in [0.05, 0.1) is 0 Å². The molecule has 5 nitrogen and oxygen atoms in total. The van der Waals surface area contributed by atoms with Gasteiger partial charge in [-0.25, -0.2) is 4.79 Å². The van der Waals surface area contributed by atoms with Crippen LogP contribution in [0.5, 0.6) is 0 Å². The van der Waals surface area contributed by atoms with Crippen molar-refractivity contribution in [3.63, 3.8) is 0 Å². The highest BCUT2D eigenvalue weighted by Crippen LogP contribution is 2.32. The van der Waals surface area contributed by atoms with Crippen LogP contribution in [0, 0.1) is 5.41 Å². The van der Waals surface area contributed by atoms with Crippen LogP contribution in [0.3, 0.4) is 0 Å². The van der Waals surface area contributed by atoms with Crippen molar-refractivity contribution < 1.29 is 14.4 Å². The van der Waals surface area contributed by atoms with Gasteiger partial charge in [-0.05, 0) is 12.2 Å². The molecular formula is C13H22N2O3S. The monoisotopic (exact) mass is 286 g/mol. The van der Waals surface area contributed by atoms with E-state index in [-0.39, 0.29) is 0 Å². The largest absolute Gasteiger partial charge is 0.328 e. The molecule has 1 heterocycles. The van der Waals surface area contributed by atoms with Gasteiger partial charge in [0.25, 0.3) is 0 Å². The Morgan fingerprint density at radius 2 is 1.63 bits per heavy atom. The molecule has 0 radical (unpaired) electrons. The van der Waals surface area contributed by atoms with E-state index in [4.69, 9.17) is 0 Å². The van der Waals surface area contributed by atoms with Gasteiger partial charge in [-0.3, -0.25) is 20.2 Å². The van der Waals surface area contributed by atoms with E-state index in [2.05, 4.69) is 17.6 Å². The predicted molar refractivity (Wildman–Crippen MR) is 75.9 cm³/mol. The highest BCUT2D eigenvalue weighted by Gasteiger charge is 2.49. The highest BCUT2D eigenvalue weighted by atomic mass is 32.2. The predicted octanol–water partition coefficient (Wildman–Crippen LogP) is 2.06. The van der Waals surface area contributed by atoms with E-state index >= 15 is 0 Å². The van der Waals surface area contributed by atoms with Gasteiger partial charge >= 0.3 is 6.03 Å². The summed E-state index contributed by atoms with van der Waals surface area (Å²) in [4.78, 5) is 35.4. The van der Waals surface area contributed by atoms with Crippen LogP contribution in [-0.2, 0) is 9.59 Å². The van der Waals surface area contributed by atoms with E-state index in [0.717, 1.165) is 31.4 Å². The van der Waals surface area contributed by atoms with Crippen LogP contribution in [0.2, 0.25) is 0 Å². The smallest absolute Gasteiger partial charge is 0.277 e. The molecule has 2 N–H and O–H groups in total. The quantitative estimate of drug-likeness (QED) is 0.529. The molecular weight excluding hydrogens is 264 g/mol. The van der Waals surface area contributed by atoms with E-state index in [9.17, 15) is 14.4 Å². The molecule has 0 saturated carbocycles. The lowest BCUT2D eigenvalue weighted by Crippen LogP contribution is -2.63. The average Bonchev–Trinajstić information content (AvgIpc) is 2.36. The maximum atomic E-state index is 12.1. The first-order valence-corrected chi connectivity index (χ1v) is 7.97. The summed E-state index contributed by atoms with van der Waals surface area (Å²) in [6.45, 7) is 4.10. The van der Waals surface area contributed by atoms with Crippen molar-refractivity contribution in [2.24, 2.45) is 5.41 Å². The molecule has 0 aromatic carbocycles. The number of imide groups is 2. The van der Waals surface area contributed by atoms with Crippen molar-refractivity contribution in [3.8, 4) is 0 Å². The Hall–Kier alpha value is -1.04. The molecule has 1 rings (SSSR count). The van der Waals surface area contributed by atoms with Gasteiger partial charge in [-0.15, -0.1) is 0 Å². The molecule has 108 valence electrons. The summed E-state index contributed by atoms with van der Waals surface area (Å²) in [6, 6.07) is -0.708. The summed E-state index contributed by atoms with van der Waals surface area (Å²) >= 11 is 1.55. The fraction of sp³-hybridized carbons (Fsp3) is 0.769. The van der Waals surface area contributed by atoms with Crippen LogP contribution in [0.1, 0.15) is 46.0 Å². The van der Waals surface area contributed by atoms with Gasteiger partial charge in [0.1, 0.15) is 5.41 Å². The number of rotatable bonds is 8. The molecule has 1 saturated heterocycles. The first-order chi connectivity index (χ1) is 9.06. The summed E-state index contributed by atoms with van der Waals surface area (Å²) in [7, 11) is 0. The minimum atomic E-state index is -1.08. The molecule has 0 spiro atoms. The lowest BCUT2D eigenvalue weighted by Gasteiger charge is -2.33. The summed E-state index contributed by atoms with van der Waals surface area (Å²) < 4.78 is 0. The standard InChI is InChI=1S/C13H22N2O3S/c1-3-5-6-7-8-13(9-19-4-2)10(16)14-12(18)15-11(13)17/h3-9H2,1-2H3,(H2,14,15,16,17,18). The first-order valence-electron chi connectivity index (χ1n) is 6.81. The SMILES string of the molecule is CCCCCCC1(CSCC)C(=O)NC(=O)NC1=O. The zero-order valence-electron chi connectivity index (χ0n) is 11.6. The molecule has 0 aliphatic carbocycles. The maximum Gasteiger partial charge on any atom is 0.328 e. The number of hydrogen-bond donors (Lipinski definition) is 2. The summed E-state index contributed by atoms with van der Waals surface area (Å²) in [5.41, 5.74) is -1.08. The van der Waals surface area contributed by atoms with Crippen molar-refractivity contribution in [3.05, 3.63) is 0 Å². The molecule has 0 aromatic heterocycles. The Balaban J connectivity index is 2.75. The van der Waals surface area contributed by atoms with Crippen LogP contribution in [0.15, 0.2) is 0 Å². The zero-order valence-corrected chi connectivity index (χ0v) is 12.4. The van der Waals surface area contributed by atoms with Gasteiger partial charge < -0.3 is 0 Å². The fourth-order valence-electron chi connectivity index (χ4n) is 2.14. The zero-order chi connectivity index (χ0) is 14.3. The molecule has 0 aromatic rings. The van der Waals surface area contributed by atoms with Crippen LogP contribution < -0.4 is 10.6 Å². The first kappa shape index (κ1) is 16.0. The molecule has 6 heteroatoms. The number of amides is 4. The second kappa shape index (κ2) is 7.53. The fourth-order valence-corrected chi connectivity index (χ4v) is 3.10. The maximum absolute atomic E-state index is 12.1. The van der Waals surface area contributed by atoms with Crippen LogP contribution in [-0.4, -0.2) is 29.4 Å². The lowest BCUT2D eigenvalue weighted by molar-refractivity contribution is -0.143. The van der Waals surface area contributed by atoms with Gasteiger partial charge in [0, 0.05) is 5.75 Å². The number of carbonyl (C=O) groups is 3. The van der Waals surface area contributed by atoms with Crippen molar-refractivity contribution in [2.75, 3.05) is 11.5 Å². The lowest BCUT2D eigenvalue weighted by atomic mass is 9.81.